The van der Waals surface area contributed by atoms with E-state index in [1.807, 2.05) is 54.6 Å². The van der Waals surface area contributed by atoms with Gasteiger partial charge in [-0.3, -0.25) is 0 Å². The molecule has 0 spiro atoms. The number of carbonyl (C=O) groups excluding carboxylic acids is 1. The van der Waals surface area contributed by atoms with Crippen LogP contribution < -0.4 is 0 Å². The van der Waals surface area contributed by atoms with Gasteiger partial charge in [0.25, 0.3) is 0 Å². The van der Waals surface area contributed by atoms with Gasteiger partial charge in [-0.1, -0.05) is 66.2 Å². The summed E-state index contributed by atoms with van der Waals surface area (Å²) in [6, 6.07) is 24.7. The summed E-state index contributed by atoms with van der Waals surface area (Å²) in [5.41, 5.74) is 3.63. The average molecular weight is 323 g/mol. The molecular formula is C20H15ClO2. The van der Waals surface area contributed by atoms with Crippen LogP contribution in [-0.2, 0) is 11.3 Å². The van der Waals surface area contributed by atoms with Crippen molar-refractivity contribution in [1.29, 1.82) is 0 Å². The van der Waals surface area contributed by atoms with Crippen LogP contribution in [-0.4, -0.2) is 5.97 Å². The van der Waals surface area contributed by atoms with Crippen molar-refractivity contribution < 1.29 is 9.53 Å². The molecule has 23 heavy (non-hydrogen) atoms. The standard InChI is InChI=1S/C20H15ClO2/c21-19-12-6-15(7-13-19)14-23-20(22)18-10-8-17(9-11-18)16-4-2-1-3-5-16/h1-13H,14H2. The molecular weight excluding hydrogens is 308 g/mol. The van der Waals surface area contributed by atoms with Crippen LogP contribution in [0.4, 0.5) is 0 Å². The summed E-state index contributed by atoms with van der Waals surface area (Å²) in [4.78, 5) is 12.1. The molecule has 0 aromatic heterocycles. The highest BCUT2D eigenvalue weighted by molar-refractivity contribution is 6.30. The number of ether oxygens (including phenoxy) is 1. The number of esters is 1. The maximum atomic E-state index is 12.1. The topological polar surface area (TPSA) is 26.3 Å². The van der Waals surface area contributed by atoms with E-state index in [-0.39, 0.29) is 12.6 Å². The van der Waals surface area contributed by atoms with Crippen molar-refractivity contribution >= 4 is 17.6 Å². The lowest BCUT2D eigenvalue weighted by molar-refractivity contribution is 0.0473. The first kappa shape index (κ1) is 15.3. The number of carbonyl (C=O) groups is 1. The van der Waals surface area contributed by atoms with E-state index in [1.165, 1.54) is 0 Å². The van der Waals surface area contributed by atoms with Crippen LogP contribution in [0.15, 0.2) is 78.9 Å². The third-order valence-corrected chi connectivity index (χ3v) is 3.76. The van der Waals surface area contributed by atoms with Crippen LogP contribution in [0, 0.1) is 0 Å². The first-order valence-electron chi connectivity index (χ1n) is 7.29. The van der Waals surface area contributed by atoms with E-state index in [4.69, 9.17) is 16.3 Å². The van der Waals surface area contributed by atoms with Crippen molar-refractivity contribution in [1.82, 2.24) is 0 Å². The molecule has 3 heteroatoms. The van der Waals surface area contributed by atoms with Crippen molar-refractivity contribution in [3.05, 3.63) is 95.0 Å². The highest BCUT2D eigenvalue weighted by Gasteiger charge is 2.08. The number of benzene rings is 3. The summed E-state index contributed by atoms with van der Waals surface area (Å²) in [5, 5.41) is 0.663. The fraction of sp³-hybridized carbons (Fsp3) is 0.0500. The fourth-order valence-corrected chi connectivity index (χ4v) is 2.37. The highest BCUT2D eigenvalue weighted by atomic mass is 35.5. The smallest absolute Gasteiger partial charge is 0.338 e. The third kappa shape index (κ3) is 3.99. The van der Waals surface area contributed by atoms with Crippen LogP contribution in [0.25, 0.3) is 11.1 Å². The molecule has 0 saturated carbocycles. The zero-order chi connectivity index (χ0) is 16.1. The zero-order valence-corrected chi connectivity index (χ0v) is 13.2. The molecule has 2 nitrogen and oxygen atoms in total. The Kier molecular flexibility index (Phi) is 4.74. The molecule has 0 atom stereocenters. The largest absolute Gasteiger partial charge is 0.457 e. The van der Waals surface area contributed by atoms with Crippen LogP contribution in [0.5, 0.6) is 0 Å². The summed E-state index contributed by atoms with van der Waals surface area (Å²) in [6.07, 6.45) is 0. The molecule has 0 fully saturated rings. The van der Waals surface area contributed by atoms with Crippen molar-refractivity contribution in [2.75, 3.05) is 0 Å². The molecule has 0 aliphatic carbocycles. The summed E-state index contributed by atoms with van der Waals surface area (Å²) in [5.74, 6) is -0.334. The number of hydrogen-bond acceptors (Lipinski definition) is 2. The second-order valence-electron chi connectivity index (χ2n) is 5.15. The first-order chi connectivity index (χ1) is 11.2. The van der Waals surface area contributed by atoms with Crippen LogP contribution >= 0.6 is 11.6 Å². The maximum Gasteiger partial charge on any atom is 0.338 e. The Labute approximate surface area is 140 Å². The molecule has 0 aliphatic heterocycles. The quantitative estimate of drug-likeness (QED) is 0.604. The van der Waals surface area contributed by atoms with Crippen molar-refractivity contribution in [3.63, 3.8) is 0 Å². The Morgan fingerprint density at radius 1 is 0.783 bits per heavy atom. The lowest BCUT2D eigenvalue weighted by Gasteiger charge is -2.06. The minimum Gasteiger partial charge on any atom is -0.457 e. The van der Waals surface area contributed by atoms with Crippen LogP contribution in [0.2, 0.25) is 5.02 Å². The highest BCUT2D eigenvalue weighted by Crippen LogP contribution is 2.19. The average Bonchev–Trinajstić information content (AvgIpc) is 2.62. The van der Waals surface area contributed by atoms with Crippen LogP contribution in [0.3, 0.4) is 0 Å². The SMILES string of the molecule is O=C(OCc1ccc(Cl)cc1)c1ccc(-c2ccccc2)cc1. The monoisotopic (exact) mass is 322 g/mol. The molecule has 0 bridgehead atoms. The lowest BCUT2D eigenvalue weighted by Crippen LogP contribution is -2.05. The van der Waals surface area contributed by atoms with Gasteiger partial charge in [-0.2, -0.15) is 0 Å². The summed E-state index contributed by atoms with van der Waals surface area (Å²) in [6.45, 7) is 0.233. The Morgan fingerprint density at radius 3 is 2.04 bits per heavy atom. The molecule has 0 aliphatic rings. The lowest BCUT2D eigenvalue weighted by atomic mass is 10.0. The predicted octanol–water partition coefficient (Wildman–Crippen LogP) is 5.36. The van der Waals surface area contributed by atoms with Gasteiger partial charge in [-0.05, 0) is 41.0 Å². The van der Waals surface area contributed by atoms with Gasteiger partial charge in [0, 0.05) is 5.02 Å². The summed E-state index contributed by atoms with van der Waals surface area (Å²) < 4.78 is 5.32. The van der Waals surface area contributed by atoms with E-state index in [2.05, 4.69) is 0 Å². The fourth-order valence-electron chi connectivity index (χ4n) is 2.24. The Bertz CT molecular complexity index is 778. The third-order valence-electron chi connectivity index (χ3n) is 3.51. The van der Waals surface area contributed by atoms with Gasteiger partial charge in [0.1, 0.15) is 6.61 Å². The van der Waals surface area contributed by atoms with Crippen molar-refractivity contribution in [3.8, 4) is 11.1 Å². The molecule has 0 N–H and O–H groups in total. The molecule has 114 valence electrons. The van der Waals surface area contributed by atoms with E-state index in [9.17, 15) is 4.79 Å². The Morgan fingerprint density at radius 2 is 1.39 bits per heavy atom. The van der Waals surface area contributed by atoms with E-state index in [1.54, 1.807) is 24.3 Å². The van der Waals surface area contributed by atoms with Gasteiger partial charge in [0.05, 0.1) is 5.56 Å². The summed E-state index contributed by atoms with van der Waals surface area (Å²) >= 11 is 5.83. The number of hydrogen-bond donors (Lipinski definition) is 0. The molecule has 0 radical (unpaired) electrons. The van der Waals surface area contributed by atoms with E-state index in [0.29, 0.717) is 10.6 Å². The normalized spacial score (nSPS) is 10.3. The molecule has 3 aromatic carbocycles. The van der Waals surface area contributed by atoms with Gasteiger partial charge < -0.3 is 4.74 Å². The zero-order valence-electron chi connectivity index (χ0n) is 12.4. The molecule has 3 rings (SSSR count). The second kappa shape index (κ2) is 7.12. The van der Waals surface area contributed by atoms with Crippen LogP contribution in [0.1, 0.15) is 15.9 Å². The number of rotatable bonds is 4. The van der Waals surface area contributed by atoms with Crippen molar-refractivity contribution in [2.45, 2.75) is 6.61 Å². The Hall–Kier alpha value is -2.58. The van der Waals surface area contributed by atoms with E-state index in [0.717, 1.165) is 16.7 Å². The second-order valence-corrected chi connectivity index (χ2v) is 5.58. The van der Waals surface area contributed by atoms with Gasteiger partial charge in [0.15, 0.2) is 0 Å². The summed E-state index contributed by atoms with van der Waals surface area (Å²) in [7, 11) is 0. The Balaban J connectivity index is 1.65. The minimum atomic E-state index is -0.334. The molecule has 3 aromatic rings. The van der Waals surface area contributed by atoms with Gasteiger partial charge in [0.2, 0.25) is 0 Å². The first-order valence-corrected chi connectivity index (χ1v) is 7.67. The number of halogens is 1. The minimum absolute atomic E-state index is 0.233. The molecule has 0 heterocycles. The predicted molar refractivity (Wildman–Crippen MR) is 92.4 cm³/mol. The van der Waals surface area contributed by atoms with Gasteiger partial charge in [-0.15, -0.1) is 0 Å². The van der Waals surface area contributed by atoms with Crippen molar-refractivity contribution in [2.24, 2.45) is 0 Å². The van der Waals surface area contributed by atoms with Gasteiger partial charge in [-0.25, -0.2) is 4.79 Å². The molecule has 0 amide bonds. The van der Waals surface area contributed by atoms with E-state index >= 15 is 0 Å². The maximum absolute atomic E-state index is 12.1. The van der Waals surface area contributed by atoms with Gasteiger partial charge >= 0.3 is 5.97 Å². The molecule has 0 unspecified atom stereocenters. The van der Waals surface area contributed by atoms with E-state index < -0.39 is 0 Å². The molecule has 0 saturated heterocycles.